The molecule has 0 bridgehead atoms. The van der Waals surface area contributed by atoms with E-state index in [1.54, 1.807) is 7.05 Å². The molecule has 106 valence electrons. The topological polar surface area (TPSA) is 41.1 Å². The number of unbranched alkanes of at least 4 members (excludes halogenated alkanes) is 1. The summed E-state index contributed by atoms with van der Waals surface area (Å²) in [4.78, 5) is 11.3. The summed E-state index contributed by atoms with van der Waals surface area (Å²) in [6, 6.07) is 6.73. The normalized spacial score (nSPS) is 10.8. The van der Waals surface area contributed by atoms with Crippen LogP contribution in [-0.4, -0.2) is 13.0 Å². The van der Waals surface area contributed by atoms with Crippen LogP contribution in [0.5, 0.6) is 0 Å². The van der Waals surface area contributed by atoms with Crippen LogP contribution in [0.1, 0.15) is 55.7 Å². The van der Waals surface area contributed by atoms with Crippen molar-refractivity contribution in [2.75, 3.05) is 7.05 Å². The first-order valence-corrected chi connectivity index (χ1v) is 7.09. The zero-order chi connectivity index (χ0) is 14.3. The van der Waals surface area contributed by atoms with E-state index in [-0.39, 0.29) is 5.91 Å². The number of carbonyl (C=O) groups is 1. The smallest absolute Gasteiger partial charge is 0.234 e. The Balaban J connectivity index is 2.44. The minimum absolute atomic E-state index is 0.0650. The van der Waals surface area contributed by atoms with Gasteiger partial charge in [0, 0.05) is 13.5 Å². The maximum absolute atomic E-state index is 11.3. The molecular weight excluding hydrogens is 236 g/mol. The van der Waals surface area contributed by atoms with Gasteiger partial charge in [-0.25, -0.2) is 5.43 Å². The second-order valence-corrected chi connectivity index (χ2v) is 5.35. The highest BCUT2D eigenvalue weighted by Gasteiger charge is 2.05. The lowest BCUT2D eigenvalue weighted by Crippen LogP contribution is -2.33. The largest absolute Gasteiger partial charge is 0.292 e. The molecule has 0 saturated carbocycles. The van der Waals surface area contributed by atoms with Gasteiger partial charge in [0.05, 0.1) is 0 Å². The summed E-state index contributed by atoms with van der Waals surface area (Å²) in [5.41, 5.74) is 9.41. The van der Waals surface area contributed by atoms with Gasteiger partial charge in [0.1, 0.15) is 0 Å². The van der Waals surface area contributed by atoms with E-state index in [1.807, 2.05) is 0 Å². The molecule has 2 N–H and O–H groups in total. The molecule has 1 amide bonds. The number of rotatable bonds is 7. The first-order chi connectivity index (χ1) is 9.04. The van der Waals surface area contributed by atoms with Crippen LogP contribution in [0.4, 0.5) is 0 Å². The van der Waals surface area contributed by atoms with Crippen LogP contribution >= 0.6 is 0 Å². The zero-order valence-corrected chi connectivity index (χ0v) is 12.5. The Bertz CT molecular complexity index is 413. The predicted octanol–water partition coefficient (Wildman–Crippen LogP) is 3.08. The summed E-state index contributed by atoms with van der Waals surface area (Å²) in [5, 5.41) is 0. The molecule has 19 heavy (non-hydrogen) atoms. The SMILES string of the molecule is CNNC(=O)CCCCc1cc(C(C)C)ccc1C. The number of aryl methyl sites for hydroxylation is 2. The average Bonchev–Trinajstić information content (AvgIpc) is 2.36. The van der Waals surface area contributed by atoms with E-state index in [0.29, 0.717) is 12.3 Å². The molecule has 0 unspecified atom stereocenters. The van der Waals surface area contributed by atoms with E-state index in [1.165, 1.54) is 16.7 Å². The zero-order valence-electron chi connectivity index (χ0n) is 12.5. The van der Waals surface area contributed by atoms with Crippen molar-refractivity contribution in [2.24, 2.45) is 0 Å². The van der Waals surface area contributed by atoms with Gasteiger partial charge in [-0.2, -0.15) is 0 Å². The summed E-state index contributed by atoms with van der Waals surface area (Å²) >= 11 is 0. The first-order valence-electron chi connectivity index (χ1n) is 7.09. The van der Waals surface area contributed by atoms with E-state index >= 15 is 0 Å². The van der Waals surface area contributed by atoms with E-state index in [9.17, 15) is 4.79 Å². The molecular formula is C16H26N2O. The maximum Gasteiger partial charge on any atom is 0.234 e. The highest BCUT2D eigenvalue weighted by molar-refractivity contribution is 5.75. The number of hydrazine groups is 1. The number of amides is 1. The van der Waals surface area contributed by atoms with Crippen LogP contribution in [0.25, 0.3) is 0 Å². The average molecular weight is 262 g/mol. The number of nitrogens with one attached hydrogen (secondary N) is 2. The second kappa shape index (κ2) is 7.95. The van der Waals surface area contributed by atoms with Gasteiger partial charge in [-0.1, -0.05) is 32.0 Å². The van der Waals surface area contributed by atoms with Gasteiger partial charge in [0.2, 0.25) is 5.91 Å². The van der Waals surface area contributed by atoms with Crippen LogP contribution in [-0.2, 0) is 11.2 Å². The fourth-order valence-corrected chi connectivity index (χ4v) is 2.12. The third kappa shape index (κ3) is 5.43. The fraction of sp³-hybridized carbons (Fsp3) is 0.562. The Labute approximate surface area is 116 Å². The lowest BCUT2D eigenvalue weighted by atomic mass is 9.95. The number of carbonyl (C=O) groups excluding carboxylic acids is 1. The van der Waals surface area contributed by atoms with Gasteiger partial charge in [0.15, 0.2) is 0 Å². The van der Waals surface area contributed by atoms with Gasteiger partial charge in [-0.15, -0.1) is 0 Å². The first kappa shape index (κ1) is 15.7. The summed E-state index contributed by atoms with van der Waals surface area (Å²) in [6.45, 7) is 6.60. The van der Waals surface area contributed by atoms with Crippen molar-refractivity contribution in [2.45, 2.75) is 52.4 Å². The quantitative estimate of drug-likeness (QED) is 0.585. The molecule has 1 rings (SSSR count). The Morgan fingerprint density at radius 1 is 1.26 bits per heavy atom. The standard InChI is InChI=1S/C16H26N2O/c1-12(2)14-10-9-13(3)15(11-14)7-5-6-8-16(19)18-17-4/h9-12,17H,5-8H2,1-4H3,(H,18,19). The molecule has 0 atom stereocenters. The number of hydrogen-bond acceptors (Lipinski definition) is 2. The third-order valence-corrected chi connectivity index (χ3v) is 3.40. The lowest BCUT2D eigenvalue weighted by Gasteiger charge is -2.11. The van der Waals surface area contributed by atoms with E-state index in [2.05, 4.69) is 49.8 Å². The highest BCUT2D eigenvalue weighted by atomic mass is 16.2. The molecule has 3 heteroatoms. The molecule has 0 saturated heterocycles. The van der Waals surface area contributed by atoms with Crippen molar-refractivity contribution in [3.63, 3.8) is 0 Å². The number of hydrogen-bond donors (Lipinski definition) is 2. The lowest BCUT2D eigenvalue weighted by molar-refractivity contribution is -0.122. The molecule has 0 aliphatic carbocycles. The van der Waals surface area contributed by atoms with E-state index in [0.717, 1.165) is 19.3 Å². The third-order valence-electron chi connectivity index (χ3n) is 3.40. The van der Waals surface area contributed by atoms with Crippen molar-refractivity contribution in [1.82, 2.24) is 10.9 Å². The fourth-order valence-electron chi connectivity index (χ4n) is 2.12. The monoisotopic (exact) mass is 262 g/mol. The van der Waals surface area contributed by atoms with Gasteiger partial charge in [0.25, 0.3) is 0 Å². The summed E-state index contributed by atoms with van der Waals surface area (Å²) in [7, 11) is 1.71. The van der Waals surface area contributed by atoms with Crippen LogP contribution < -0.4 is 10.9 Å². The van der Waals surface area contributed by atoms with Crippen molar-refractivity contribution in [1.29, 1.82) is 0 Å². The maximum atomic E-state index is 11.3. The molecule has 0 fully saturated rings. The summed E-state index contributed by atoms with van der Waals surface area (Å²) < 4.78 is 0. The Morgan fingerprint density at radius 2 is 2.00 bits per heavy atom. The molecule has 0 aliphatic heterocycles. The molecule has 0 aromatic heterocycles. The second-order valence-electron chi connectivity index (χ2n) is 5.35. The Kier molecular flexibility index (Phi) is 6.57. The van der Waals surface area contributed by atoms with E-state index in [4.69, 9.17) is 0 Å². The molecule has 0 radical (unpaired) electrons. The number of benzene rings is 1. The molecule has 0 spiro atoms. The van der Waals surface area contributed by atoms with Gasteiger partial charge < -0.3 is 0 Å². The minimum Gasteiger partial charge on any atom is -0.292 e. The molecule has 0 aliphatic rings. The Hall–Kier alpha value is -1.35. The van der Waals surface area contributed by atoms with Crippen LogP contribution in [0.15, 0.2) is 18.2 Å². The van der Waals surface area contributed by atoms with Crippen molar-refractivity contribution >= 4 is 5.91 Å². The van der Waals surface area contributed by atoms with Crippen LogP contribution in [0, 0.1) is 6.92 Å². The van der Waals surface area contributed by atoms with Crippen molar-refractivity contribution in [3.8, 4) is 0 Å². The minimum atomic E-state index is 0.0650. The van der Waals surface area contributed by atoms with Crippen LogP contribution in [0.2, 0.25) is 0 Å². The highest BCUT2D eigenvalue weighted by Crippen LogP contribution is 2.20. The molecule has 1 aromatic carbocycles. The van der Waals surface area contributed by atoms with Crippen molar-refractivity contribution < 1.29 is 4.79 Å². The Morgan fingerprint density at radius 3 is 2.63 bits per heavy atom. The summed E-state index contributed by atoms with van der Waals surface area (Å²) in [6.07, 6.45) is 3.63. The van der Waals surface area contributed by atoms with Gasteiger partial charge in [-0.3, -0.25) is 10.2 Å². The van der Waals surface area contributed by atoms with Gasteiger partial charge in [-0.05, 0) is 48.8 Å². The molecule has 1 aromatic rings. The molecule has 0 heterocycles. The van der Waals surface area contributed by atoms with E-state index < -0.39 is 0 Å². The van der Waals surface area contributed by atoms with Gasteiger partial charge >= 0.3 is 0 Å². The van der Waals surface area contributed by atoms with Crippen molar-refractivity contribution in [3.05, 3.63) is 34.9 Å². The predicted molar refractivity (Wildman–Crippen MR) is 80.0 cm³/mol. The summed E-state index contributed by atoms with van der Waals surface area (Å²) in [5.74, 6) is 0.635. The van der Waals surface area contributed by atoms with Crippen LogP contribution in [0.3, 0.4) is 0 Å². The molecule has 3 nitrogen and oxygen atoms in total.